The molecule has 0 saturated carbocycles. The van der Waals surface area contributed by atoms with Crippen molar-refractivity contribution >= 4 is 16.9 Å². The lowest BCUT2D eigenvalue weighted by Gasteiger charge is -1.87. The maximum atomic E-state index is 11.1. The standard InChI is InChI=1S/C9H8N2O3S/c1-6(12)15-4-2-3-7-5-8(13)10-11-9(7)14/h5H,4H2,1H3,(H,10,13)(H,11,14). The van der Waals surface area contributed by atoms with E-state index in [1.54, 1.807) is 0 Å². The molecule has 0 saturated heterocycles. The lowest BCUT2D eigenvalue weighted by molar-refractivity contribution is -0.109. The number of carbonyl (C=O) groups excluding carboxylic acids is 1. The Balaban J connectivity index is 2.80. The highest BCUT2D eigenvalue weighted by atomic mass is 32.2. The number of H-pyrrole nitrogens is 2. The minimum absolute atomic E-state index is 0.0379. The van der Waals surface area contributed by atoms with Gasteiger partial charge in [-0.25, -0.2) is 0 Å². The van der Waals surface area contributed by atoms with Crippen molar-refractivity contribution in [1.82, 2.24) is 10.2 Å². The van der Waals surface area contributed by atoms with E-state index in [0.717, 1.165) is 17.8 Å². The van der Waals surface area contributed by atoms with Crippen LogP contribution >= 0.6 is 11.8 Å². The summed E-state index contributed by atoms with van der Waals surface area (Å²) in [7, 11) is 0. The van der Waals surface area contributed by atoms with Gasteiger partial charge in [0.1, 0.15) is 0 Å². The van der Waals surface area contributed by atoms with Gasteiger partial charge in [-0.3, -0.25) is 24.6 Å². The second kappa shape index (κ2) is 5.22. The fourth-order valence-electron chi connectivity index (χ4n) is 0.780. The van der Waals surface area contributed by atoms with Gasteiger partial charge in [0.05, 0.1) is 11.3 Å². The predicted molar refractivity (Wildman–Crippen MR) is 57.7 cm³/mol. The van der Waals surface area contributed by atoms with Crippen LogP contribution in [-0.2, 0) is 4.79 Å². The molecule has 0 aliphatic rings. The summed E-state index contributed by atoms with van der Waals surface area (Å²) >= 11 is 1.05. The van der Waals surface area contributed by atoms with Crippen molar-refractivity contribution in [3.05, 3.63) is 32.3 Å². The van der Waals surface area contributed by atoms with Gasteiger partial charge < -0.3 is 0 Å². The number of nitrogens with one attached hydrogen (secondary N) is 2. The van der Waals surface area contributed by atoms with Gasteiger partial charge in [0.15, 0.2) is 5.12 Å². The zero-order valence-electron chi connectivity index (χ0n) is 7.92. The maximum Gasteiger partial charge on any atom is 0.278 e. The molecular formula is C9H8N2O3S. The van der Waals surface area contributed by atoms with Crippen LogP contribution in [0.5, 0.6) is 0 Å². The van der Waals surface area contributed by atoms with E-state index in [1.165, 1.54) is 6.92 Å². The number of carbonyl (C=O) groups is 1. The summed E-state index contributed by atoms with van der Waals surface area (Å²) in [6, 6.07) is 1.12. The molecule has 0 atom stereocenters. The van der Waals surface area contributed by atoms with Gasteiger partial charge in [-0.1, -0.05) is 23.6 Å². The average molecular weight is 224 g/mol. The van der Waals surface area contributed by atoms with Crippen LogP contribution in [-0.4, -0.2) is 21.1 Å². The van der Waals surface area contributed by atoms with Crippen LogP contribution in [0.2, 0.25) is 0 Å². The molecule has 0 radical (unpaired) electrons. The highest BCUT2D eigenvalue weighted by Crippen LogP contribution is 1.97. The summed E-state index contributed by atoms with van der Waals surface area (Å²) in [5, 5.41) is 4.24. The highest BCUT2D eigenvalue weighted by molar-refractivity contribution is 8.13. The summed E-state index contributed by atoms with van der Waals surface area (Å²) in [5.74, 6) is 5.45. The first-order valence-electron chi connectivity index (χ1n) is 4.04. The van der Waals surface area contributed by atoms with Crippen molar-refractivity contribution in [1.29, 1.82) is 0 Å². The third-order valence-corrected chi connectivity index (χ3v) is 2.09. The lowest BCUT2D eigenvalue weighted by Crippen LogP contribution is -2.20. The van der Waals surface area contributed by atoms with Crippen LogP contribution in [0.4, 0.5) is 0 Å². The summed E-state index contributed by atoms with van der Waals surface area (Å²) in [5.41, 5.74) is -0.768. The van der Waals surface area contributed by atoms with E-state index < -0.39 is 11.1 Å². The number of aromatic amines is 2. The van der Waals surface area contributed by atoms with Crippen LogP contribution < -0.4 is 11.1 Å². The molecule has 5 nitrogen and oxygen atoms in total. The van der Waals surface area contributed by atoms with Crippen LogP contribution in [0.3, 0.4) is 0 Å². The zero-order chi connectivity index (χ0) is 11.3. The second-order valence-electron chi connectivity index (χ2n) is 2.58. The Kier molecular flexibility index (Phi) is 3.94. The summed E-state index contributed by atoms with van der Waals surface area (Å²) < 4.78 is 0. The Labute approximate surface area is 89.3 Å². The zero-order valence-corrected chi connectivity index (χ0v) is 8.73. The van der Waals surface area contributed by atoms with Gasteiger partial charge in [0.2, 0.25) is 0 Å². The van der Waals surface area contributed by atoms with Crippen molar-refractivity contribution in [3.63, 3.8) is 0 Å². The molecule has 78 valence electrons. The number of thioether (sulfide) groups is 1. The van der Waals surface area contributed by atoms with E-state index >= 15 is 0 Å². The molecule has 6 heteroatoms. The topological polar surface area (TPSA) is 82.8 Å². The van der Waals surface area contributed by atoms with E-state index in [1.807, 2.05) is 0 Å². The van der Waals surface area contributed by atoms with Crippen LogP contribution in [0.25, 0.3) is 0 Å². The van der Waals surface area contributed by atoms with E-state index in [2.05, 4.69) is 22.0 Å². The van der Waals surface area contributed by atoms with Gasteiger partial charge >= 0.3 is 0 Å². The first-order valence-corrected chi connectivity index (χ1v) is 5.02. The Morgan fingerprint density at radius 2 is 2.20 bits per heavy atom. The third-order valence-electron chi connectivity index (χ3n) is 1.39. The van der Waals surface area contributed by atoms with E-state index in [0.29, 0.717) is 5.75 Å². The molecule has 2 N–H and O–H groups in total. The summed E-state index contributed by atoms with van der Waals surface area (Å²) in [6.45, 7) is 1.44. The molecule has 0 bridgehead atoms. The van der Waals surface area contributed by atoms with Gasteiger partial charge in [-0.2, -0.15) is 0 Å². The maximum absolute atomic E-state index is 11.1. The number of hydrogen-bond donors (Lipinski definition) is 2. The lowest BCUT2D eigenvalue weighted by atomic mass is 10.3. The summed E-state index contributed by atoms with van der Waals surface area (Å²) in [6.07, 6.45) is 0. The van der Waals surface area contributed by atoms with Crippen molar-refractivity contribution in [2.45, 2.75) is 6.92 Å². The molecule has 0 aromatic carbocycles. The number of aromatic nitrogens is 2. The van der Waals surface area contributed by atoms with Crippen LogP contribution in [0.1, 0.15) is 12.5 Å². The first-order chi connectivity index (χ1) is 7.09. The Bertz CT molecular complexity index is 533. The van der Waals surface area contributed by atoms with E-state index in [-0.39, 0.29) is 10.7 Å². The molecule has 0 aliphatic carbocycles. The smallest absolute Gasteiger partial charge is 0.278 e. The number of hydrogen-bond acceptors (Lipinski definition) is 4. The molecule has 0 fully saturated rings. The summed E-state index contributed by atoms with van der Waals surface area (Å²) in [4.78, 5) is 32.5. The molecule has 0 unspecified atom stereocenters. The molecule has 15 heavy (non-hydrogen) atoms. The second-order valence-corrected chi connectivity index (χ2v) is 3.74. The predicted octanol–water partition coefficient (Wildman–Crippen LogP) is -0.306. The van der Waals surface area contributed by atoms with Crippen LogP contribution in [0, 0.1) is 11.8 Å². The van der Waals surface area contributed by atoms with E-state index in [9.17, 15) is 14.4 Å². The Morgan fingerprint density at radius 3 is 2.87 bits per heavy atom. The SMILES string of the molecule is CC(=O)SCC#Cc1cc(=O)[nH][nH]c1=O. The average Bonchev–Trinajstić information content (AvgIpc) is 2.17. The fourth-order valence-corrected chi connectivity index (χ4v) is 1.13. The van der Waals surface area contributed by atoms with Crippen molar-refractivity contribution in [2.75, 3.05) is 5.75 Å². The van der Waals surface area contributed by atoms with Crippen molar-refractivity contribution in [3.8, 4) is 11.8 Å². The Hall–Kier alpha value is -1.74. The quantitative estimate of drug-likeness (QED) is 0.641. The van der Waals surface area contributed by atoms with Crippen molar-refractivity contribution in [2.24, 2.45) is 0 Å². The monoisotopic (exact) mass is 224 g/mol. The van der Waals surface area contributed by atoms with Gasteiger partial charge in [-0.05, 0) is 0 Å². The number of rotatable bonds is 1. The minimum Gasteiger partial charge on any atom is -0.288 e. The van der Waals surface area contributed by atoms with E-state index in [4.69, 9.17) is 0 Å². The van der Waals surface area contributed by atoms with Gasteiger partial charge in [0.25, 0.3) is 11.1 Å². The molecule has 1 heterocycles. The molecule has 1 aromatic rings. The Morgan fingerprint density at radius 1 is 1.47 bits per heavy atom. The molecule has 1 rings (SSSR count). The third kappa shape index (κ3) is 3.87. The highest BCUT2D eigenvalue weighted by Gasteiger charge is 1.95. The molecular weight excluding hydrogens is 216 g/mol. The molecule has 0 spiro atoms. The van der Waals surface area contributed by atoms with Gasteiger partial charge in [-0.15, -0.1) is 0 Å². The van der Waals surface area contributed by atoms with Gasteiger partial charge in [0, 0.05) is 13.0 Å². The largest absolute Gasteiger partial charge is 0.288 e. The normalized spacial score (nSPS) is 9.13. The minimum atomic E-state index is -0.449. The fraction of sp³-hybridized carbons (Fsp3) is 0.222. The van der Waals surface area contributed by atoms with Crippen LogP contribution in [0.15, 0.2) is 15.7 Å². The molecule has 1 aromatic heterocycles. The first kappa shape index (κ1) is 11.3. The molecule has 0 aliphatic heterocycles. The van der Waals surface area contributed by atoms with Crippen molar-refractivity contribution < 1.29 is 4.79 Å². The molecule has 0 amide bonds.